The summed E-state index contributed by atoms with van der Waals surface area (Å²) in [5.74, 6) is 0.377. The van der Waals surface area contributed by atoms with Crippen LogP contribution in [0.2, 0.25) is 5.02 Å². The minimum Gasteiger partial charge on any atom is -0.453 e. The molecule has 2 fully saturated rings. The summed E-state index contributed by atoms with van der Waals surface area (Å²) >= 11 is 7.94. The smallest absolute Gasteiger partial charge is 0.409 e. The predicted octanol–water partition coefficient (Wildman–Crippen LogP) is 8.55. The average Bonchev–Trinajstić information content (AvgIpc) is 3.63. The fourth-order valence-corrected chi connectivity index (χ4v) is 8.78. The van der Waals surface area contributed by atoms with Crippen LogP contribution in [0.15, 0.2) is 48.8 Å². The van der Waals surface area contributed by atoms with Gasteiger partial charge in [-0.05, 0) is 107 Å². The molecule has 262 valence electrons. The molecule has 5 aromatic rings. The summed E-state index contributed by atoms with van der Waals surface area (Å²) in [5.41, 5.74) is 7.33. The molecule has 0 aliphatic carbocycles. The third-order valence-electron chi connectivity index (χ3n) is 10.0. The molecule has 0 N–H and O–H groups in total. The first-order chi connectivity index (χ1) is 23.8. The fourth-order valence-electron chi connectivity index (χ4n) is 7.55. The van der Waals surface area contributed by atoms with Gasteiger partial charge < -0.3 is 18.9 Å². The standard InChI is InChI=1S/C39H44ClN5O4S/c1-22-16-31-35(33(25-8-10-27(40)11-9-25)32(22)34(23(2)46)49-39(3,4)5)50-37(42-31)26-17-29-30(21-43(6)36(29)41-18-26)24-12-14-44(15-13-24)28-19-45(20-28)38(47)48-7/h8-11,16-18,21,24,28,34H,12-15,19-20H2,1-7H3/t34-/m1/s1. The number of halogens is 1. The molecule has 0 radical (unpaired) electrons. The lowest BCUT2D eigenvalue weighted by molar-refractivity contribution is -0.138. The minimum absolute atomic E-state index is 0.0460. The van der Waals surface area contributed by atoms with Gasteiger partial charge in [0.05, 0.1) is 22.9 Å². The molecule has 0 unspecified atom stereocenters. The zero-order valence-corrected chi connectivity index (χ0v) is 31.3. The van der Waals surface area contributed by atoms with Crippen LogP contribution in [0.1, 0.15) is 69.2 Å². The van der Waals surface area contributed by atoms with E-state index in [1.54, 1.807) is 23.2 Å². The molecule has 0 spiro atoms. The number of pyridine rings is 1. The van der Waals surface area contributed by atoms with E-state index in [1.807, 2.05) is 58.2 Å². The minimum atomic E-state index is -0.733. The number of fused-ring (bicyclic) bond motifs is 2. The quantitative estimate of drug-likeness (QED) is 0.167. The Morgan fingerprint density at radius 2 is 1.76 bits per heavy atom. The van der Waals surface area contributed by atoms with Crippen molar-refractivity contribution >= 4 is 56.1 Å². The number of ether oxygens (including phenoxy) is 2. The van der Waals surface area contributed by atoms with Crippen molar-refractivity contribution in [2.24, 2.45) is 7.05 Å². The van der Waals surface area contributed by atoms with Crippen molar-refractivity contribution in [2.75, 3.05) is 33.3 Å². The second-order valence-corrected chi connectivity index (χ2v) is 16.1. The highest BCUT2D eigenvalue weighted by molar-refractivity contribution is 7.22. The van der Waals surface area contributed by atoms with Crippen molar-refractivity contribution in [3.63, 3.8) is 0 Å². The van der Waals surface area contributed by atoms with E-state index in [9.17, 15) is 9.59 Å². The van der Waals surface area contributed by atoms with Crippen LogP contribution >= 0.6 is 22.9 Å². The Hall–Kier alpha value is -3.83. The summed E-state index contributed by atoms with van der Waals surface area (Å²) in [6.45, 7) is 13.0. The summed E-state index contributed by atoms with van der Waals surface area (Å²) in [6.07, 6.45) is 5.30. The summed E-state index contributed by atoms with van der Waals surface area (Å²) in [7, 11) is 3.50. The van der Waals surface area contributed by atoms with Crippen LogP contribution in [0, 0.1) is 6.92 Å². The first-order valence-electron chi connectivity index (χ1n) is 17.2. The number of aryl methyl sites for hydroxylation is 2. The van der Waals surface area contributed by atoms with Crippen LogP contribution in [0.4, 0.5) is 4.79 Å². The number of benzene rings is 2. The second-order valence-electron chi connectivity index (χ2n) is 14.7. The number of nitrogens with zero attached hydrogens (tertiary/aromatic N) is 5. The largest absolute Gasteiger partial charge is 0.453 e. The lowest BCUT2D eigenvalue weighted by atomic mass is 9.88. The first-order valence-corrected chi connectivity index (χ1v) is 18.4. The lowest BCUT2D eigenvalue weighted by Crippen LogP contribution is -2.62. The van der Waals surface area contributed by atoms with Crippen LogP contribution in [0.3, 0.4) is 0 Å². The van der Waals surface area contributed by atoms with Gasteiger partial charge in [0.2, 0.25) is 0 Å². The van der Waals surface area contributed by atoms with Gasteiger partial charge in [0, 0.05) is 65.7 Å². The summed E-state index contributed by atoms with van der Waals surface area (Å²) in [5, 5.41) is 2.69. The normalized spacial score (nSPS) is 17.0. The fraction of sp³-hybridized carbons (Fsp3) is 0.436. The van der Waals surface area contributed by atoms with E-state index in [0.29, 0.717) is 17.0 Å². The number of methoxy groups -OCH3 is 1. The van der Waals surface area contributed by atoms with Gasteiger partial charge in [0.1, 0.15) is 16.8 Å². The number of ketones is 1. The molecule has 2 aliphatic rings. The van der Waals surface area contributed by atoms with E-state index in [2.05, 4.69) is 34.8 Å². The molecule has 50 heavy (non-hydrogen) atoms. The van der Waals surface area contributed by atoms with Gasteiger partial charge in [-0.15, -0.1) is 11.3 Å². The van der Waals surface area contributed by atoms with Gasteiger partial charge in [-0.2, -0.15) is 0 Å². The van der Waals surface area contributed by atoms with Crippen molar-refractivity contribution in [3.8, 4) is 21.7 Å². The molecule has 0 saturated carbocycles. The van der Waals surface area contributed by atoms with Crippen LogP contribution in [-0.4, -0.2) is 81.1 Å². The van der Waals surface area contributed by atoms with Crippen LogP contribution in [0.5, 0.6) is 0 Å². The molecule has 1 amide bonds. The van der Waals surface area contributed by atoms with E-state index in [0.717, 1.165) is 93.1 Å². The molecule has 0 bridgehead atoms. The Balaban J connectivity index is 1.25. The predicted molar refractivity (Wildman–Crippen MR) is 200 cm³/mol. The molecule has 9 nitrogen and oxygen atoms in total. The van der Waals surface area contributed by atoms with Gasteiger partial charge in [0.15, 0.2) is 5.78 Å². The molecular formula is C39H44ClN5O4S. The SMILES string of the molecule is COC(=O)N1CC(N2CCC(c3cn(C)c4ncc(-c5nc6cc(C)c([C@H](OC(C)(C)C)C(C)=O)c(-c7ccc(Cl)cc7)c6s5)cc34)CC2)C1. The number of piperidine rings is 1. The van der Waals surface area contributed by atoms with E-state index < -0.39 is 11.7 Å². The highest BCUT2D eigenvalue weighted by Crippen LogP contribution is 2.45. The van der Waals surface area contributed by atoms with Crippen LogP contribution in [0.25, 0.3) is 42.9 Å². The van der Waals surface area contributed by atoms with Crippen LogP contribution in [-0.2, 0) is 21.3 Å². The number of aromatic nitrogens is 3. The van der Waals surface area contributed by atoms with Crippen molar-refractivity contribution in [1.29, 1.82) is 0 Å². The van der Waals surface area contributed by atoms with Crippen molar-refractivity contribution in [2.45, 2.75) is 71.1 Å². The summed E-state index contributed by atoms with van der Waals surface area (Å²) in [4.78, 5) is 39.4. The third kappa shape index (κ3) is 6.54. The van der Waals surface area contributed by atoms with Crippen molar-refractivity contribution in [1.82, 2.24) is 24.3 Å². The molecule has 7 rings (SSSR count). The Labute approximate surface area is 302 Å². The highest BCUT2D eigenvalue weighted by atomic mass is 35.5. The number of carbonyl (C=O) groups is 2. The maximum atomic E-state index is 13.2. The molecule has 2 saturated heterocycles. The molecule has 11 heteroatoms. The Morgan fingerprint density at radius 3 is 2.40 bits per heavy atom. The maximum Gasteiger partial charge on any atom is 0.409 e. The highest BCUT2D eigenvalue weighted by Gasteiger charge is 2.37. The van der Waals surface area contributed by atoms with Crippen molar-refractivity contribution < 1.29 is 19.1 Å². The van der Waals surface area contributed by atoms with Crippen LogP contribution < -0.4 is 0 Å². The Bertz CT molecular complexity index is 2090. The number of carbonyl (C=O) groups excluding carboxylic acids is 2. The number of thiazole rings is 1. The monoisotopic (exact) mass is 713 g/mol. The second kappa shape index (κ2) is 13.4. The Morgan fingerprint density at radius 1 is 1.06 bits per heavy atom. The molecule has 5 heterocycles. The number of amides is 1. The zero-order chi connectivity index (χ0) is 35.5. The van der Waals surface area contributed by atoms with Gasteiger partial charge in [-0.25, -0.2) is 14.8 Å². The first kappa shape index (κ1) is 34.6. The van der Waals surface area contributed by atoms with Crippen molar-refractivity contribution in [3.05, 3.63) is 70.5 Å². The Kier molecular flexibility index (Phi) is 9.26. The third-order valence-corrected chi connectivity index (χ3v) is 11.4. The number of Topliss-reactive ketones (excluding diaryl/α,β-unsaturated/α-hetero) is 1. The molecule has 3 aromatic heterocycles. The molecular weight excluding hydrogens is 670 g/mol. The number of likely N-dealkylation sites (tertiary alicyclic amines) is 2. The average molecular weight is 714 g/mol. The van der Waals surface area contributed by atoms with E-state index in [4.69, 9.17) is 31.0 Å². The summed E-state index contributed by atoms with van der Waals surface area (Å²) in [6, 6.07) is 12.5. The van der Waals surface area contributed by atoms with E-state index in [-0.39, 0.29) is 11.9 Å². The maximum absolute atomic E-state index is 13.2. The number of hydrogen-bond acceptors (Lipinski definition) is 8. The summed E-state index contributed by atoms with van der Waals surface area (Å²) < 4.78 is 14.4. The van der Waals surface area contributed by atoms with E-state index >= 15 is 0 Å². The van der Waals surface area contributed by atoms with Gasteiger partial charge in [0.25, 0.3) is 0 Å². The number of rotatable bonds is 7. The molecule has 2 aliphatic heterocycles. The van der Waals surface area contributed by atoms with Gasteiger partial charge >= 0.3 is 6.09 Å². The van der Waals surface area contributed by atoms with E-state index in [1.165, 1.54) is 12.7 Å². The lowest BCUT2D eigenvalue weighted by Gasteiger charge is -2.46. The zero-order valence-electron chi connectivity index (χ0n) is 29.7. The van der Waals surface area contributed by atoms with Gasteiger partial charge in [-0.3, -0.25) is 9.69 Å². The molecule has 2 aromatic carbocycles. The number of hydrogen-bond donors (Lipinski definition) is 0. The topological polar surface area (TPSA) is 89.8 Å². The molecule has 1 atom stereocenters. The van der Waals surface area contributed by atoms with Gasteiger partial charge in [-0.1, -0.05) is 23.7 Å².